The van der Waals surface area contributed by atoms with E-state index in [4.69, 9.17) is 0 Å². The van der Waals surface area contributed by atoms with Gasteiger partial charge in [0, 0.05) is 12.6 Å². The summed E-state index contributed by atoms with van der Waals surface area (Å²) >= 11 is 0. The smallest absolute Gasteiger partial charge is 0.387 e. The summed E-state index contributed by atoms with van der Waals surface area (Å²) in [5.74, 6) is -0.803. The van der Waals surface area contributed by atoms with Crippen molar-refractivity contribution in [3.05, 3.63) is 59.9 Å². The van der Waals surface area contributed by atoms with E-state index in [1.54, 1.807) is 0 Å². The summed E-state index contributed by atoms with van der Waals surface area (Å²) in [6.07, 6.45) is 1.39. The Balaban J connectivity index is 1.94. The summed E-state index contributed by atoms with van der Waals surface area (Å²) in [6.45, 7) is -3.08. The molecule has 0 spiro atoms. The van der Waals surface area contributed by atoms with E-state index in [-0.39, 0.29) is 23.2 Å². The second-order valence-corrected chi connectivity index (χ2v) is 7.59. The number of hydrogen-bond acceptors (Lipinski definition) is 3. The lowest BCUT2D eigenvalue weighted by molar-refractivity contribution is -0.0518. The molecule has 8 heteroatoms. The topological polar surface area (TPSA) is 46.6 Å². The normalized spacial score (nSPS) is 14.9. The Kier molecular flexibility index (Phi) is 5.01. The van der Waals surface area contributed by atoms with Gasteiger partial charge in [-0.25, -0.2) is 12.8 Å². The van der Waals surface area contributed by atoms with Crippen molar-refractivity contribution >= 4 is 10.0 Å². The SMILES string of the molecule is O=S(=O)(c1ccccc1OC(F)F)N(Cc1ccc(F)cc1)C1CC1. The molecule has 2 aromatic carbocycles. The molecule has 1 fully saturated rings. The molecule has 0 atom stereocenters. The minimum absolute atomic E-state index is 0.0380. The molecule has 2 aromatic rings. The molecule has 3 rings (SSSR count). The molecule has 0 unspecified atom stereocenters. The molecular weight excluding hydrogens is 355 g/mol. The Labute approximate surface area is 143 Å². The Morgan fingerprint density at radius 1 is 1.08 bits per heavy atom. The van der Waals surface area contributed by atoms with E-state index >= 15 is 0 Å². The molecule has 0 aliphatic heterocycles. The molecule has 25 heavy (non-hydrogen) atoms. The zero-order valence-electron chi connectivity index (χ0n) is 13.1. The molecular formula is C17H16F3NO3S. The first-order valence-electron chi connectivity index (χ1n) is 7.68. The summed E-state index contributed by atoms with van der Waals surface area (Å²) < 4.78 is 69.9. The second-order valence-electron chi connectivity index (χ2n) is 5.73. The van der Waals surface area contributed by atoms with E-state index < -0.39 is 22.5 Å². The van der Waals surface area contributed by atoms with E-state index in [1.807, 2.05) is 0 Å². The molecule has 0 bridgehead atoms. The van der Waals surface area contributed by atoms with Gasteiger partial charge in [-0.15, -0.1) is 0 Å². The third-order valence-electron chi connectivity index (χ3n) is 3.86. The van der Waals surface area contributed by atoms with E-state index in [2.05, 4.69) is 4.74 Å². The van der Waals surface area contributed by atoms with Crippen molar-refractivity contribution in [3.63, 3.8) is 0 Å². The number of halogens is 3. The van der Waals surface area contributed by atoms with Crippen LogP contribution in [0.15, 0.2) is 53.4 Å². The van der Waals surface area contributed by atoms with Crippen LogP contribution < -0.4 is 4.74 Å². The first-order valence-corrected chi connectivity index (χ1v) is 9.12. The van der Waals surface area contributed by atoms with Gasteiger partial charge < -0.3 is 4.74 Å². The van der Waals surface area contributed by atoms with Gasteiger partial charge in [0.1, 0.15) is 16.5 Å². The Hall–Kier alpha value is -2.06. The van der Waals surface area contributed by atoms with Gasteiger partial charge >= 0.3 is 6.61 Å². The number of rotatable bonds is 7. The maximum Gasteiger partial charge on any atom is 0.387 e. The molecule has 0 saturated heterocycles. The third-order valence-corrected chi connectivity index (χ3v) is 5.80. The minimum Gasteiger partial charge on any atom is -0.433 e. The molecule has 0 N–H and O–H groups in total. The lowest BCUT2D eigenvalue weighted by atomic mass is 10.2. The highest BCUT2D eigenvalue weighted by Gasteiger charge is 2.39. The maximum absolute atomic E-state index is 13.0. The first kappa shape index (κ1) is 17.8. The van der Waals surface area contributed by atoms with Crippen LogP contribution in [0, 0.1) is 5.82 Å². The van der Waals surface area contributed by atoms with Crippen LogP contribution in [0.5, 0.6) is 5.75 Å². The van der Waals surface area contributed by atoms with Gasteiger partial charge in [-0.2, -0.15) is 13.1 Å². The summed E-state index contributed by atoms with van der Waals surface area (Å²) in [5, 5.41) is 0. The molecule has 0 amide bonds. The average Bonchev–Trinajstić information content (AvgIpc) is 3.38. The fourth-order valence-corrected chi connectivity index (χ4v) is 4.32. The molecule has 1 aliphatic carbocycles. The Bertz CT molecular complexity index is 836. The lowest BCUT2D eigenvalue weighted by Gasteiger charge is -2.23. The fourth-order valence-electron chi connectivity index (χ4n) is 2.53. The van der Waals surface area contributed by atoms with E-state index in [1.165, 1.54) is 52.8 Å². The molecule has 0 heterocycles. The number of alkyl halides is 2. The van der Waals surface area contributed by atoms with Crippen molar-refractivity contribution in [1.82, 2.24) is 4.31 Å². The predicted octanol–water partition coefficient (Wildman–Crippen LogP) is 3.78. The fraction of sp³-hybridized carbons (Fsp3) is 0.294. The summed E-state index contributed by atoms with van der Waals surface area (Å²) in [5.41, 5.74) is 0.615. The molecule has 1 saturated carbocycles. The van der Waals surface area contributed by atoms with Crippen molar-refractivity contribution in [2.45, 2.75) is 36.9 Å². The van der Waals surface area contributed by atoms with E-state index in [9.17, 15) is 21.6 Å². The van der Waals surface area contributed by atoms with Crippen molar-refractivity contribution in [3.8, 4) is 5.75 Å². The van der Waals surface area contributed by atoms with Crippen LogP contribution in [0.4, 0.5) is 13.2 Å². The number of hydrogen-bond donors (Lipinski definition) is 0. The molecule has 134 valence electrons. The van der Waals surface area contributed by atoms with Crippen LogP contribution in [0.2, 0.25) is 0 Å². The minimum atomic E-state index is -4.04. The number of benzene rings is 2. The van der Waals surface area contributed by atoms with Gasteiger partial charge in [-0.3, -0.25) is 0 Å². The van der Waals surface area contributed by atoms with Crippen molar-refractivity contribution in [1.29, 1.82) is 0 Å². The zero-order valence-corrected chi connectivity index (χ0v) is 13.9. The quantitative estimate of drug-likeness (QED) is 0.744. The van der Waals surface area contributed by atoms with Crippen molar-refractivity contribution in [2.75, 3.05) is 0 Å². The van der Waals surface area contributed by atoms with Crippen molar-refractivity contribution in [2.24, 2.45) is 0 Å². The van der Waals surface area contributed by atoms with Gasteiger partial charge in [0.25, 0.3) is 0 Å². The Morgan fingerprint density at radius 2 is 1.72 bits per heavy atom. The highest BCUT2D eigenvalue weighted by molar-refractivity contribution is 7.89. The van der Waals surface area contributed by atoms with Gasteiger partial charge in [0.15, 0.2) is 0 Å². The number of ether oxygens (including phenoxy) is 1. The highest BCUT2D eigenvalue weighted by atomic mass is 32.2. The van der Waals surface area contributed by atoms with E-state index in [0.717, 1.165) is 0 Å². The number of nitrogens with zero attached hydrogens (tertiary/aromatic N) is 1. The van der Waals surface area contributed by atoms with Crippen LogP contribution in [0.1, 0.15) is 18.4 Å². The van der Waals surface area contributed by atoms with Gasteiger partial charge in [-0.05, 0) is 42.7 Å². The summed E-state index contributed by atoms with van der Waals surface area (Å²) in [6, 6.07) is 10.6. The van der Waals surface area contributed by atoms with Crippen LogP contribution in [-0.2, 0) is 16.6 Å². The van der Waals surface area contributed by atoms with Crippen LogP contribution >= 0.6 is 0 Å². The predicted molar refractivity (Wildman–Crippen MR) is 85.2 cm³/mol. The average molecular weight is 371 g/mol. The van der Waals surface area contributed by atoms with Gasteiger partial charge in [-0.1, -0.05) is 24.3 Å². The standard InChI is InChI=1S/C17H16F3NO3S/c18-13-7-5-12(6-8-13)11-21(14-9-10-14)25(22,23)16-4-2-1-3-15(16)24-17(19)20/h1-8,14,17H,9-11H2. The monoisotopic (exact) mass is 371 g/mol. The van der Waals surface area contributed by atoms with Gasteiger partial charge in [0.05, 0.1) is 0 Å². The maximum atomic E-state index is 13.0. The molecule has 1 aliphatic rings. The van der Waals surface area contributed by atoms with Gasteiger partial charge in [0.2, 0.25) is 10.0 Å². The van der Waals surface area contributed by atoms with Crippen LogP contribution in [-0.4, -0.2) is 25.4 Å². The summed E-state index contributed by atoms with van der Waals surface area (Å²) in [4.78, 5) is -0.302. The zero-order chi connectivity index (χ0) is 18.0. The highest BCUT2D eigenvalue weighted by Crippen LogP contribution is 2.36. The third kappa shape index (κ3) is 4.13. The Morgan fingerprint density at radius 3 is 2.32 bits per heavy atom. The second kappa shape index (κ2) is 7.05. The molecule has 0 aromatic heterocycles. The van der Waals surface area contributed by atoms with Crippen LogP contribution in [0.25, 0.3) is 0 Å². The number of sulfonamides is 1. The first-order chi connectivity index (χ1) is 11.9. The van der Waals surface area contributed by atoms with E-state index in [0.29, 0.717) is 18.4 Å². The molecule has 4 nitrogen and oxygen atoms in total. The van der Waals surface area contributed by atoms with Crippen molar-refractivity contribution < 1.29 is 26.3 Å². The molecule has 0 radical (unpaired) electrons. The number of para-hydroxylation sites is 1. The van der Waals surface area contributed by atoms with Crippen LogP contribution in [0.3, 0.4) is 0 Å². The largest absolute Gasteiger partial charge is 0.433 e. The lowest BCUT2D eigenvalue weighted by Crippen LogP contribution is -2.33. The summed E-state index contributed by atoms with van der Waals surface area (Å²) in [7, 11) is -4.04.